The number of rotatable bonds is 6. The van der Waals surface area contributed by atoms with Gasteiger partial charge in [-0.25, -0.2) is 4.79 Å². The molecule has 0 aromatic heterocycles. The van der Waals surface area contributed by atoms with Crippen LogP contribution in [-0.2, 0) is 9.53 Å². The average molecular weight is 443 g/mol. The van der Waals surface area contributed by atoms with Crippen molar-refractivity contribution in [3.8, 4) is 0 Å². The van der Waals surface area contributed by atoms with Gasteiger partial charge in [0.25, 0.3) is 0 Å². The van der Waals surface area contributed by atoms with Crippen LogP contribution in [0.25, 0.3) is 0 Å². The second kappa shape index (κ2) is 8.76. The number of esters is 1. The lowest BCUT2D eigenvalue weighted by Gasteiger charge is -2.60. The van der Waals surface area contributed by atoms with E-state index in [1.54, 1.807) is 11.8 Å². The van der Waals surface area contributed by atoms with Crippen molar-refractivity contribution in [3.63, 3.8) is 0 Å². The molecular weight excluding hydrogens is 408 g/mol. The standard InChI is InChI=1S/C26H34O4S/c1-17-9-10-22-25(2,13-11-23(28)26(22,3)16-27)20(17)15-21(19-12-14-30-24(19)29)31-18-7-5-4-6-8-18/h4-8,12,20-23,27-28H,1,9-11,13-16H2,2-3H3/t20-,21?,22+,23-,25+,26+/m1/s1. The van der Waals surface area contributed by atoms with Crippen LogP contribution >= 0.6 is 11.8 Å². The van der Waals surface area contributed by atoms with E-state index in [0.29, 0.717) is 13.0 Å². The molecule has 0 radical (unpaired) electrons. The molecule has 6 atom stereocenters. The second-order valence-corrected chi connectivity index (χ2v) is 11.2. The maximum atomic E-state index is 12.5. The van der Waals surface area contributed by atoms with Crippen LogP contribution in [0.5, 0.6) is 0 Å². The van der Waals surface area contributed by atoms with Crippen molar-refractivity contribution in [1.29, 1.82) is 0 Å². The number of fused-ring (bicyclic) bond motifs is 1. The molecule has 2 fully saturated rings. The fourth-order valence-electron chi connectivity index (χ4n) is 6.39. The van der Waals surface area contributed by atoms with Crippen LogP contribution in [0.2, 0.25) is 0 Å². The van der Waals surface area contributed by atoms with Crippen LogP contribution in [-0.4, -0.2) is 40.8 Å². The van der Waals surface area contributed by atoms with E-state index < -0.39 is 11.5 Å². The number of thioether (sulfide) groups is 1. The molecule has 3 aliphatic rings. The average Bonchev–Trinajstić information content (AvgIpc) is 3.19. The lowest BCUT2D eigenvalue weighted by Crippen LogP contribution is -2.57. The summed E-state index contributed by atoms with van der Waals surface area (Å²) < 4.78 is 5.26. The fourth-order valence-corrected chi connectivity index (χ4v) is 7.64. The van der Waals surface area contributed by atoms with Crippen molar-refractivity contribution in [2.24, 2.45) is 22.7 Å². The summed E-state index contributed by atoms with van der Waals surface area (Å²) >= 11 is 1.72. The molecule has 2 N–H and O–H groups in total. The molecule has 31 heavy (non-hydrogen) atoms. The first-order valence-corrected chi connectivity index (χ1v) is 12.2. The van der Waals surface area contributed by atoms with Crippen molar-refractivity contribution in [1.82, 2.24) is 0 Å². The van der Waals surface area contributed by atoms with Gasteiger partial charge in [0.05, 0.1) is 12.7 Å². The van der Waals surface area contributed by atoms with Gasteiger partial charge in [0.2, 0.25) is 0 Å². The molecular formula is C26H34O4S. The maximum absolute atomic E-state index is 12.5. The summed E-state index contributed by atoms with van der Waals surface area (Å²) in [4.78, 5) is 13.6. The predicted octanol–water partition coefficient (Wildman–Crippen LogP) is 4.76. The Morgan fingerprint density at radius 1 is 1.26 bits per heavy atom. The molecule has 1 aromatic carbocycles. The highest BCUT2D eigenvalue weighted by Gasteiger charge is 2.58. The molecule has 0 bridgehead atoms. The Hall–Kier alpha value is -1.56. The summed E-state index contributed by atoms with van der Waals surface area (Å²) in [7, 11) is 0. The molecule has 1 heterocycles. The lowest BCUT2D eigenvalue weighted by atomic mass is 9.46. The zero-order chi connectivity index (χ0) is 22.2. The summed E-state index contributed by atoms with van der Waals surface area (Å²) in [5.74, 6) is 0.229. The summed E-state index contributed by atoms with van der Waals surface area (Å²) in [6.07, 6.45) is 5.70. The van der Waals surface area contributed by atoms with Crippen LogP contribution < -0.4 is 0 Å². The first-order valence-electron chi connectivity index (χ1n) is 11.3. The fraction of sp³-hybridized carbons (Fsp3) is 0.577. The van der Waals surface area contributed by atoms with E-state index in [1.165, 1.54) is 5.57 Å². The molecule has 1 unspecified atom stereocenters. The van der Waals surface area contributed by atoms with Gasteiger partial charge < -0.3 is 14.9 Å². The maximum Gasteiger partial charge on any atom is 0.335 e. The number of cyclic esters (lactones) is 1. The molecule has 1 aromatic rings. The largest absolute Gasteiger partial charge is 0.458 e. The summed E-state index contributed by atoms with van der Waals surface area (Å²) in [5, 5.41) is 21.0. The summed E-state index contributed by atoms with van der Waals surface area (Å²) in [6, 6.07) is 10.2. The Morgan fingerprint density at radius 2 is 2.00 bits per heavy atom. The number of carbonyl (C=O) groups excluding carboxylic acids is 1. The first kappa shape index (κ1) is 22.6. The third-order valence-electron chi connectivity index (χ3n) is 8.27. The van der Waals surface area contributed by atoms with Gasteiger partial charge in [-0.3, -0.25) is 0 Å². The van der Waals surface area contributed by atoms with Crippen molar-refractivity contribution in [3.05, 3.63) is 54.1 Å². The van der Waals surface area contributed by atoms with Crippen LogP contribution in [0, 0.1) is 22.7 Å². The van der Waals surface area contributed by atoms with E-state index in [1.807, 2.05) is 31.2 Å². The zero-order valence-electron chi connectivity index (χ0n) is 18.5. The van der Waals surface area contributed by atoms with Gasteiger partial charge in [0.15, 0.2) is 0 Å². The Balaban J connectivity index is 1.66. The van der Waals surface area contributed by atoms with Gasteiger partial charge in [-0.1, -0.05) is 44.2 Å². The van der Waals surface area contributed by atoms with Gasteiger partial charge in [-0.2, -0.15) is 0 Å². The topological polar surface area (TPSA) is 66.8 Å². The van der Waals surface area contributed by atoms with Crippen molar-refractivity contribution < 1.29 is 19.7 Å². The van der Waals surface area contributed by atoms with Gasteiger partial charge in [0.1, 0.15) is 6.61 Å². The van der Waals surface area contributed by atoms with Crippen molar-refractivity contribution in [2.45, 2.75) is 62.2 Å². The number of aliphatic hydroxyl groups is 2. The van der Waals surface area contributed by atoms with Gasteiger partial charge in [-0.15, -0.1) is 11.8 Å². The minimum atomic E-state index is -0.500. The number of aliphatic hydroxyl groups excluding tert-OH is 2. The number of ether oxygens (including phenoxy) is 1. The van der Waals surface area contributed by atoms with Crippen LogP contribution in [0.3, 0.4) is 0 Å². The molecule has 1 aliphatic heterocycles. The lowest BCUT2D eigenvalue weighted by molar-refractivity contribution is -0.152. The third kappa shape index (κ3) is 4.01. The van der Waals surface area contributed by atoms with E-state index >= 15 is 0 Å². The Kier molecular flexibility index (Phi) is 6.39. The Bertz CT molecular complexity index is 865. The second-order valence-electron chi connectivity index (χ2n) is 9.94. The molecule has 4 nitrogen and oxygen atoms in total. The molecule has 0 spiro atoms. The Labute approximate surface area is 189 Å². The molecule has 2 aliphatic carbocycles. The van der Waals surface area contributed by atoms with Crippen molar-refractivity contribution in [2.75, 3.05) is 13.2 Å². The SMILES string of the molecule is C=C1CC[C@@H]2[C@](C)(CO)[C@H](O)CC[C@@]2(C)[C@@H]1CC(Sc1ccccc1)C1=CCOC1=O. The predicted molar refractivity (Wildman–Crippen MR) is 124 cm³/mol. The quantitative estimate of drug-likeness (QED) is 0.378. The monoisotopic (exact) mass is 442 g/mol. The highest BCUT2D eigenvalue weighted by Crippen LogP contribution is 2.62. The number of hydrogen-bond acceptors (Lipinski definition) is 5. The number of carbonyl (C=O) groups is 1. The van der Waals surface area contributed by atoms with Crippen LogP contribution in [0.15, 0.2) is 59.0 Å². The molecule has 2 saturated carbocycles. The highest BCUT2D eigenvalue weighted by molar-refractivity contribution is 8.00. The van der Waals surface area contributed by atoms with E-state index in [2.05, 4.69) is 25.6 Å². The van der Waals surface area contributed by atoms with E-state index in [0.717, 1.165) is 36.2 Å². The van der Waals surface area contributed by atoms with Gasteiger partial charge in [-0.05, 0) is 67.6 Å². The first-order chi connectivity index (χ1) is 14.8. The molecule has 0 saturated heterocycles. The van der Waals surface area contributed by atoms with Crippen LogP contribution in [0.4, 0.5) is 0 Å². The highest BCUT2D eigenvalue weighted by atomic mass is 32.2. The zero-order valence-corrected chi connectivity index (χ0v) is 19.4. The molecule has 4 rings (SSSR count). The van der Waals surface area contributed by atoms with Crippen LogP contribution in [0.1, 0.15) is 46.0 Å². The normalized spacial score (nSPS) is 36.5. The third-order valence-corrected chi connectivity index (χ3v) is 9.54. The van der Waals surface area contributed by atoms with E-state index in [-0.39, 0.29) is 35.1 Å². The van der Waals surface area contributed by atoms with E-state index in [4.69, 9.17) is 4.74 Å². The number of hydrogen-bond donors (Lipinski definition) is 2. The van der Waals surface area contributed by atoms with Gasteiger partial charge in [0, 0.05) is 21.1 Å². The van der Waals surface area contributed by atoms with Crippen molar-refractivity contribution >= 4 is 17.7 Å². The van der Waals surface area contributed by atoms with Gasteiger partial charge >= 0.3 is 5.97 Å². The molecule has 5 heteroatoms. The number of allylic oxidation sites excluding steroid dienone is 1. The summed E-state index contributed by atoms with van der Waals surface area (Å²) in [6.45, 7) is 9.16. The smallest absolute Gasteiger partial charge is 0.335 e. The Morgan fingerprint density at radius 3 is 2.65 bits per heavy atom. The number of benzene rings is 1. The minimum absolute atomic E-state index is 0.00665. The minimum Gasteiger partial charge on any atom is -0.458 e. The summed E-state index contributed by atoms with van der Waals surface area (Å²) in [5.41, 5.74) is 1.43. The molecule has 168 valence electrons. The van der Waals surface area contributed by atoms with E-state index in [9.17, 15) is 15.0 Å². The molecule has 0 amide bonds.